The second kappa shape index (κ2) is 13.0. The van der Waals surface area contributed by atoms with Gasteiger partial charge in [-0.1, -0.05) is 146 Å². The van der Waals surface area contributed by atoms with Gasteiger partial charge in [0.05, 0.1) is 11.0 Å². The molecule has 0 aliphatic heterocycles. The third kappa shape index (κ3) is 5.45. The van der Waals surface area contributed by atoms with Gasteiger partial charge in [-0.25, -0.2) is 15.0 Å². The third-order valence-electron chi connectivity index (χ3n) is 10.7. The monoisotopic (exact) mass is 716 g/mol. The molecular weight excluding hydrogens is 685 g/mol. The zero-order chi connectivity index (χ0) is 37.0. The average molecular weight is 717 g/mol. The van der Waals surface area contributed by atoms with Crippen molar-refractivity contribution in [1.82, 2.24) is 19.5 Å². The van der Waals surface area contributed by atoms with Crippen molar-refractivity contribution in [2.24, 2.45) is 0 Å². The number of benzene rings is 8. The lowest BCUT2D eigenvalue weighted by molar-refractivity contribution is 0.631. The summed E-state index contributed by atoms with van der Waals surface area (Å²) in [5, 5.41) is 5.99. The number of rotatable bonds is 6. The Morgan fingerprint density at radius 3 is 1.43 bits per heavy atom. The van der Waals surface area contributed by atoms with E-state index >= 15 is 0 Å². The van der Waals surface area contributed by atoms with E-state index in [1.54, 1.807) is 0 Å². The Kier molecular flexibility index (Phi) is 7.42. The molecule has 11 rings (SSSR count). The molecule has 0 amide bonds. The fourth-order valence-corrected chi connectivity index (χ4v) is 7.91. The molecule has 0 radical (unpaired) electrons. The Bertz CT molecular complexity index is 3140. The summed E-state index contributed by atoms with van der Waals surface area (Å²) >= 11 is 0. The molecule has 0 N–H and O–H groups in total. The first-order valence-electron chi connectivity index (χ1n) is 18.8. The van der Waals surface area contributed by atoms with Crippen molar-refractivity contribution < 1.29 is 4.42 Å². The number of fused-ring (bicyclic) bond motifs is 5. The van der Waals surface area contributed by atoms with Crippen LogP contribution in [0.4, 0.5) is 0 Å². The molecule has 3 aromatic heterocycles. The summed E-state index contributed by atoms with van der Waals surface area (Å²) in [5.41, 5.74) is 10.3. The van der Waals surface area contributed by atoms with Gasteiger partial charge >= 0.3 is 0 Å². The number of hydrogen-bond donors (Lipinski definition) is 0. The minimum absolute atomic E-state index is 0.603. The van der Waals surface area contributed by atoms with E-state index in [2.05, 4.69) is 180 Å². The Morgan fingerprint density at radius 2 is 0.821 bits per heavy atom. The highest BCUT2D eigenvalue weighted by Crippen LogP contribution is 2.35. The van der Waals surface area contributed by atoms with Crippen molar-refractivity contribution in [3.63, 3.8) is 0 Å². The van der Waals surface area contributed by atoms with E-state index in [4.69, 9.17) is 19.4 Å². The van der Waals surface area contributed by atoms with Crippen molar-refractivity contribution in [3.8, 4) is 62.3 Å². The first kappa shape index (κ1) is 31.9. The molecule has 0 unspecified atom stereocenters. The standard InChI is InChI=1S/C51H32N4O/c1-3-13-41-33(10-1)12-9-16-42(41)34-20-24-36(25-21-34)49-52-50(37-26-22-35(23-27-37)48-32-39-11-2-8-19-47(39)56-48)54-51(53-49)38-28-30-40(31-29-38)55-45-17-6-4-14-43(45)44-15-5-7-18-46(44)55/h1-32H. The second-order valence-corrected chi connectivity index (χ2v) is 14.1. The Morgan fingerprint density at radius 1 is 0.357 bits per heavy atom. The van der Waals surface area contributed by atoms with Gasteiger partial charge < -0.3 is 8.98 Å². The van der Waals surface area contributed by atoms with Crippen LogP contribution < -0.4 is 0 Å². The molecule has 0 bridgehead atoms. The maximum Gasteiger partial charge on any atom is 0.164 e. The van der Waals surface area contributed by atoms with Gasteiger partial charge in [0.15, 0.2) is 17.5 Å². The SMILES string of the molecule is c1ccc2oc(-c3ccc(-c4nc(-c5ccc(-c6cccc7ccccc67)cc5)nc(-c5ccc(-n6c7ccccc7c7ccccc76)cc5)n4)cc3)cc2c1. The van der Waals surface area contributed by atoms with Crippen LogP contribution in [-0.2, 0) is 0 Å². The highest BCUT2D eigenvalue weighted by Gasteiger charge is 2.16. The molecule has 0 saturated carbocycles. The molecule has 0 aliphatic carbocycles. The number of furan rings is 1. The molecule has 0 saturated heterocycles. The summed E-state index contributed by atoms with van der Waals surface area (Å²) in [6.45, 7) is 0. The van der Waals surface area contributed by atoms with Crippen molar-refractivity contribution in [2.45, 2.75) is 0 Å². The normalized spacial score (nSPS) is 11.6. The van der Waals surface area contributed by atoms with Crippen LogP contribution in [0.5, 0.6) is 0 Å². The van der Waals surface area contributed by atoms with Crippen LogP contribution in [0.3, 0.4) is 0 Å². The summed E-state index contributed by atoms with van der Waals surface area (Å²) in [4.78, 5) is 15.2. The van der Waals surface area contributed by atoms with Gasteiger partial charge in [-0.2, -0.15) is 0 Å². The summed E-state index contributed by atoms with van der Waals surface area (Å²) in [6.07, 6.45) is 0. The molecule has 3 heterocycles. The molecule has 262 valence electrons. The van der Waals surface area contributed by atoms with E-state index in [0.717, 1.165) is 50.2 Å². The molecule has 5 nitrogen and oxygen atoms in total. The van der Waals surface area contributed by atoms with Gasteiger partial charge in [0.25, 0.3) is 0 Å². The summed E-state index contributed by atoms with van der Waals surface area (Å²) in [5.74, 6) is 2.65. The van der Waals surface area contributed by atoms with E-state index < -0.39 is 0 Å². The van der Waals surface area contributed by atoms with E-state index in [1.807, 2.05) is 18.2 Å². The van der Waals surface area contributed by atoms with Crippen LogP contribution in [-0.4, -0.2) is 19.5 Å². The lowest BCUT2D eigenvalue weighted by Gasteiger charge is -2.11. The quantitative estimate of drug-likeness (QED) is 0.172. The molecule has 5 heteroatoms. The molecule has 8 aromatic carbocycles. The molecule has 0 atom stereocenters. The Labute approximate surface area is 322 Å². The highest BCUT2D eigenvalue weighted by atomic mass is 16.3. The van der Waals surface area contributed by atoms with Crippen molar-refractivity contribution in [3.05, 3.63) is 194 Å². The second-order valence-electron chi connectivity index (χ2n) is 14.1. The smallest absolute Gasteiger partial charge is 0.164 e. The highest BCUT2D eigenvalue weighted by molar-refractivity contribution is 6.09. The van der Waals surface area contributed by atoms with Gasteiger partial charge in [-0.05, 0) is 70.4 Å². The molecule has 0 aliphatic rings. The van der Waals surface area contributed by atoms with Gasteiger partial charge in [0.1, 0.15) is 11.3 Å². The van der Waals surface area contributed by atoms with E-state index in [9.17, 15) is 0 Å². The summed E-state index contributed by atoms with van der Waals surface area (Å²) in [7, 11) is 0. The lowest BCUT2D eigenvalue weighted by atomic mass is 9.97. The summed E-state index contributed by atoms with van der Waals surface area (Å²) in [6, 6.07) is 67.5. The van der Waals surface area contributed by atoms with Crippen LogP contribution >= 0.6 is 0 Å². The average Bonchev–Trinajstić information content (AvgIpc) is 3.86. The van der Waals surface area contributed by atoms with Crippen molar-refractivity contribution in [2.75, 3.05) is 0 Å². The lowest BCUT2D eigenvalue weighted by Crippen LogP contribution is -2.00. The van der Waals surface area contributed by atoms with Crippen LogP contribution in [0, 0.1) is 0 Å². The van der Waals surface area contributed by atoms with Crippen molar-refractivity contribution in [1.29, 1.82) is 0 Å². The van der Waals surface area contributed by atoms with E-state index in [0.29, 0.717) is 17.5 Å². The number of nitrogens with zero attached hydrogens (tertiary/aromatic N) is 4. The molecule has 56 heavy (non-hydrogen) atoms. The van der Waals surface area contributed by atoms with Gasteiger partial charge in [-0.15, -0.1) is 0 Å². The fourth-order valence-electron chi connectivity index (χ4n) is 7.91. The zero-order valence-corrected chi connectivity index (χ0v) is 30.2. The Balaban J connectivity index is 1.00. The predicted octanol–water partition coefficient (Wildman–Crippen LogP) is 13.2. The first-order valence-corrected chi connectivity index (χ1v) is 18.8. The number of aromatic nitrogens is 4. The van der Waals surface area contributed by atoms with Crippen molar-refractivity contribution >= 4 is 43.5 Å². The van der Waals surface area contributed by atoms with Crippen LogP contribution in [0.1, 0.15) is 0 Å². The summed E-state index contributed by atoms with van der Waals surface area (Å²) < 4.78 is 8.48. The van der Waals surface area contributed by atoms with Crippen LogP contribution in [0.25, 0.3) is 106 Å². The van der Waals surface area contributed by atoms with Gasteiger partial charge in [0.2, 0.25) is 0 Å². The maximum atomic E-state index is 6.16. The molecule has 0 fully saturated rings. The largest absolute Gasteiger partial charge is 0.456 e. The zero-order valence-electron chi connectivity index (χ0n) is 30.2. The molecule has 11 aromatic rings. The fraction of sp³-hybridized carbons (Fsp3) is 0. The number of para-hydroxylation sites is 3. The molecule has 0 spiro atoms. The van der Waals surface area contributed by atoms with Crippen LogP contribution in [0.15, 0.2) is 199 Å². The topological polar surface area (TPSA) is 56.7 Å². The van der Waals surface area contributed by atoms with Gasteiger partial charge in [0, 0.05) is 44.1 Å². The van der Waals surface area contributed by atoms with Crippen LogP contribution in [0.2, 0.25) is 0 Å². The minimum Gasteiger partial charge on any atom is -0.456 e. The Hall–Kier alpha value is -7.63. The first-order chi connectivity index (χ1) is 27.7. The predicted molar refractivity (Wildman–Crippen MR) is 229 cm³/mol. The maximum absolute atomic E-state index is 6.16. The van der Waals surface area contributed by atoms with Gasteiger partial charge in [-0.3, -0.25) is 0 Å². The van der Waals surface area contributed by atoms with E-state index in [-0.39, 0.29) is 0 Å². The number of hydrogen-bond acceptors (Lipinski definition) is 4. The minimum atomic E-state index is 0.603. The van der Waals surface area contributed by atoms with E-state index in [1.165, 1.54) is 38.1 Å². The third-order valence-corrected chi connectivity index (χ3v) is 10.7. The molecular formula is C51H32N4O.